The van der Waals surface area contributed by atoms with Crippen LogP contribution in [0.4, 0.5) is 0 Å². The number of nitrogens with zero attached hydrogens (tertiary/aromatic N) is 3. The highest BCUT2D eigenvalue weighted by atomic mass is 35.5. The maximum atomic E-state index is 11.9. The van der Waals surface area contributed by atoms with Crippen LogP contribution in [0.3, 0.4) is 0 Å². The van der Waals surface area contributed by atoms with Crippen molar-refractivity contribution >= 4 is 29.0 Å². The normalized spacial score (nSPS) is 19.8. The van der Waals surface area contributed by atoms with E-state index in [1.165, 1.54) is 11.5 Å². The van der Waals surface area contributed by atoms with Crippen LogP contribution in [0.2, 0.25) is 0 Å². The van der Waals surface area contributed by atoms with Gasteiger partial charge in [0.15, 0.2) is 5.69 Å². The van der Waals surface area contributed by atoms with Crippen LogP contribution in [0.25, 0.3) is 0 Å². The molecule has 88 valence electrons. The average Bonchev–Trinajstić information content (AvgIpc) is 2.81. The van der Waals surface area contributed by atoms with Crippen molar-refractivity contribution in [1.82, 2.24) is 14.5 Å². The van der Waals surface area contributed by atoms with Crippen LogP contribution < -0.4 is 0 Å². The first kappa shape index (κ1) is 11.8. The molecule has 1 amide bonds. The fraction of sp³-hybridized carbons (Fsp3) is 0.700. The number of hydrogen-bond donors (Lipinski definition) is 0. The maximum absolute atomic E-state index is 11.9. The highest BCUT2D eigenvalue weighted by molar-refractivity contribution is 7.03. The van der Waals surface area contributed by atoms with Gasteiger partial charge in [-0.15, -0.1) is 16.7 Å². The Kier molecular flexibility index (Phi) is 3.76. The number of carbonyl (C=O) groups excluding carboxylic acids is 1. The number of amides is 1. The van der Waals surface area contributed by atoms with Gasteiger partial charge in [-0.05, 0) is 37.2 Å². The molecule has 0 radical (unpaired) electrons. The second kappa shape index (κ2) is 5.10. The van der Waals surface area contributed by atoms with Gasteiger partial charge in [0, 0.05) is 23.8 Å². The van der Waals surface area contributed by atoms with E-state index in [1.807, 2.05) is 11.8 Å². The lowest BCUT2D eigenvalue weighted by Crippen LogP contribution is -2.40. The van der Waals surface area contributed by atoms with Crippen molar-refractivity contribution in [2.75, 3.05) is 13.1 Å². The van der Waals surface area contributed by atoms with Crippen LogP contribution in [0.5, 0.6) is 0 Å². The molecular weight excluding hydrogens is 246 g/mol. The lowest BCUT2D eigenvalue weighted by atomic mass is 9.94. The Hall–Kier alpha value is -0.680. The third kappa shape index (κ3) is 2.52. The summed E-state index contributed by atoms with van der Waals surface area (Å²) in [4.78, 5) is 13.8. The van der Waals surface area contributed by atoms with Gasteiger partial charge in [-0.2, -0.15) is 0 Å². The monoisotopic (exact) mass is 259 g/mol. The van der Waals surface area contributed by atoms with Crippen molar-refractivity contribution < 1.29 is 4.79 Å². The molecule has 0 N–H and O–H groups in total. The molecule has 0 spiro atoms. The van der Waals surface area contributed by atoms with Gasteiger partial charge < -0.3 is 4.90 Å². The van der Waals surface area contributed by atoms with Gasteiger partial charge in [0.1, 0.15) is 0 Å². The first-order chi connectivity index (χ1) is 7.68. The van der Waals surface area contributed by atoms with Gasteiger partial charge in [-0.1, -0.05) is 4.49 Å². The largest absolute Gasteiger partial charge is 0.337 e. The molecule has 1 saturated heterocycles. The number of alkyl halides is 1. The van der Waals surface area contributed by atoms with Crippen LogP contribution in [0.1, 0.15) is 30.3 Å². The number of hydrogen-bond acceptors (Lipinski definition) is 4. The summed E-state index contributed by atoms with van der Waals surface area (Å²) in [6, 6.07) is 0. The summed E-state index contributed by atoms with van der Waals surface area (Å²) < 4.78 is 3.70. The Morgan fingerprint density at radius 2 is 2.31 bits per heavy atom. The van der Waals surface area contributed by atoms with E-state index < -0.39 is 0 Å². The Morgan fingerprint density at radius 3 is 2.81 bits per heavy atom. The van der Waals surface area contributed by atoms with Crippen molar-refractivity contribution in [3.63, 3.8) is 0 Å². The zero-order valence-electron chi connectivity index (χ0n) is 9.10. The summed E-state index contributed by atoms with van der Waals surface area (Å²) in [5.74, 6) is 0.522. The molecule has 1 aromatic rings. The second-order valence-electron chi connectivity index (χ2n) is 4.10. The number of piperidine rings is 1. The number of carbonyl (C=O) groups is 1. The number of likely N-dealkylation sites (tertiary alicyclic amines) is 1. The van der Waals surface area contributed by atoms with E-state index >= 15 is 0 Å². The Balaban J connectivity index is 1.92. The zero-order chi connectivity index (χ0) is 11.5. The number of aromatic nitrogens is 2. The third-order valence-corrected chi connectivity index (χ3v) is 3.92. The van der Waals surface area contributed by atoms with Crippen molar-refractivity contribution in [2.45, 2.75) is 25.1 Å². The molecule has 4 nitrogen and oxygen atoms in total. The average molecular weight is 260 g/mol. The van der Waals surface area contributed by atoms with Crippen molar-refractivity contribution in [2.24, 2.45) is 5.92 Å². The Labute approximate surface area is 104 Å². The Bertz CT molecular complexity index is 347. The summed E-state index contributed by atoms with van der Waals surface area (Å²) in [7, 11) is 0. The van der Waals surface area contributed by atoms with Crippen LogP contribution in [0, 0.1) is 5.92 Å². The van der Waals surface area contributed by atoms with Crippen LogP contribution in [0.15, 0.2) is 5.38 Å². The van der Waals surface area contributed by atoms with E-state index in [-0.39, 0.29) is 11.3 Å². The summed E-state index contributed by atoms with van der Waals surface area (Å²) in [5.41, 5.74) is 0.461. The van der Waals surface area contributed by atoms with Crippen LogP contribution >= 0.6 is 23.1 Å². The minimum absolute atomic E-state index is 0.00516. The van der Waals surface area contributed by atoms with Gasteiger partial charge in [-0.25, -0.2) is 0 Å². The van der Waals surface area contributed by atoms with E-state index in [0.717, 1.165) is 25.9 Å². The molecule has 0 aliphatic carbocycles. The van der Waals surface area contributed by atoms with E-state index in [1.54, 1.807) is 5.38 Å². The summed E-state index contributed by atoms with van der Waals surface area (Å²) in [6.07, 6.45) is 1.96. The molecule has 1 fully saturated rings. The van der Waals surface area contributed by atoms with Crippen LogP contribution in [-0.4, -0.2) is 38.9 Å². The van der Waals surface area contributed by atoms with Crippen molar-refractivity contribution in [1.29, 1.82) is 0 Å². The fourth-order valence-electron chi connectivity index (χ4n) is 1.98. The van der Waals surface area contributed by atoms with Crippen molar-refractivity contribution in [3.8, 4) is 0 Å². The molecule has 1 atom stereocenters. The zero-order valence-corrected chi connectivity index (χ0v) is 10.7. The summed E-state index contributed by atoms with van der Waals surface area (Å²) >= 11 is 7.27. The van der Waals surface area contributed by atoms with Gasteiger partial charge in [0.2, 0.25) is 0 Å². The molecule has 2 heterocycles. The number of rotatable bonds is 2. The van der Waals surface area contributed by atoms with Gasteiger partial charge >= 0.3 is 0 Å². The topological polar surface area (TPSA) is 46.1 Å². The molecule has 2 rings (SSSR count). The molecule has 6 heteroatoms. The predicted molar refractivity (Wildman–Crippen MR) is 63.9 cm³/mol. The molecule has 1 aliphatic rings. The lowest BCUT2D eigenvalue weighted by Gasteiger charge is -2.32. The summed E-state index contributed by atoms with van der Waals surface area (Å²) in [5, 5.41) is 5.68. The summed E-state index contributed by atoms with van der Waals surface area (Å²) in [6.45, 7) is 3.57. The van der Waals surface area contributed by atoms with E-state index in [0.29, 0.717) is 11.6 Å². The first-order valence-corrected chi connectivity index (χ1v) is 6.66. The molecule has 1 unspecified atom stereocenters. The third-order valence-electron chi connectivity index (χ3n) is 3.06. The van der Waals surface area contributed by atoms with Gasteiger partial charge in [-0.3, -0.25) is 4.79 Å². The predicted octanol–water partition coefficient (Wildman–Crippen LogP) is 2.02. The van der Waals surface area contributed by atoms with Crippen LogP contribution in [-0.2, 0) is 0 Å². The SMILES string of the molecule is CC(Cl)C1CCN(C(=O)c2csnn2)CC1. The van der Waals surface area contributed by atoms with E-state index in [4.69, 9.17) is 11.6 Å². The number of halogens is 1. The smallest absolute Gasteiger partial charge is 0.275 e. The minimum atomic E-state index is -0.00516. The highest BCUT2D eigenvalue weighted by Crippen LogP contribution is 2.24. The highest BCUT2D eigenvalue weighted by Gasteiger charge is 2.26. The minimum Gasteiger partial charge on any atom is -0.337 e. The van der Waals surface area contributed by atoms with Crippen molar-refractivity contribution in [3.05, 3.63) is 11.1 Å². The van der Waals surface area contributed by atoms with E-state index in [2.05, 4.69) is 9.59 Å². The van der Waals surface area contributed by atoms with Gasteiger partial charge in [0.05, 0.1) is 0 Å². The Morgan fingerprint density at radius 1 is 1.62 bits per heavy atom. The van der Waals surface area contributed by atoms with Gasteiger partial charge in [0.25, 0.3) is 5.91 Å². The maximum Gasteiger partial charge on any atom is 0.275 e. The molecule has 0 saturated carbocycles. The molecule has 0 bridgehead atoms. The van der Waals surface area contributed by atoms with E-state index in [9.17, 15) is 4.79 Å². The first-order valence-electron chi connectivity index (χ1n) is 5.39. The second-order valence-corrected chi connectivity index (χ2v) is 5.40. The molecule has 1 aliphatic heterocycles. The standard InChI is InChI=1S/C10H14ClN3OS/c1-7(11)8-2-4-14(5-3-8)10(15)9-6-16-13-12-9/h6-8H,2-5H2,1H3. The lowest BCUT2D eigenvalue weighted by molar-refractivity contribution is 0.0684. The molecular formula is C10H14ClN3OS. The fourth-order valence-corrected chi connectivity index (χ4v) is 2.66. The molecule has 16 heavy (non-hydrogen) atoms. The molecule has 0 aromatic carbocycles. The molecule has 1 aromatic heterocycles. The quantitative estimate of drug-likeness (QED) is 0.764.